The third-order valence-corrected chi connectivity index (χ3v) is 5.05. The van der Waals surface area contributed by atoms with E-state index in [9.17, 15) is 0 Å². The van der Waals surface area contributed by atoms with Crippen molar-refractivity contribution in [2.24, 2.45) is 0 Å². The molecule has 0 aliphatic heterocycles. The van der Waals surface area contributed by atoms with Crippen molar-refractivity contribution in [3.05, 3.63) is 5.82 Å². The lowest BCUT2D eigenvalue weighted by molar-refractivity contribution is 0.227. The molecule has 0 amide bonds. The van der Waals surface area contributed by atoms with Gasteiger partial charge in [0.25, 0.3) is 0 Å². The third kappa shape index (κ3) is 3.92. The Labute approximate surface area is 120 Å². The SMILES string of the molecule is CCCn1nnnc1CN(C)[C@@H]1CC[C@@H](SCC)C1. The van der Waals surface area contributed by atoms with E-state index >= 15 is 0 Å². The van der Waals surface area contributed by atoms with Crippen LogP contribution in [0.5, 0.6) is 0 Å². The van der Waals surface area contributed by atoms with Crippen molar-refractivity contribution in [2.45, 2.75) is 63.9 Å². The number of tetrazole rings is 1. The highest BCUT2D eigenvalue weighted by atomic mass is 32.2. The Hall–Kier alpha value is -0.620. The molecule has 1 aliphatic rings. The molecular weight excluding hydrogens is 258 g/mol. The van der Waals surface area contributed by atoms with Gasteiger partial charge in [0.1, 0.15) is 0 Å². The van der Waals surface area contributed by atoms with E-state index < -0.39 is 0 Å². The molecule has 1 aromatic heterocycles. The highest BCUT2D eigenvalue weighted by Gasteiger charge is 2.28. The molecule has 0 unspecified atom stereocenters. The first-order valence-corrected chi connectivity index (χ1v) is 8.36. The topological polar surface area (TPSA) is 46.8 Å². The van der Waals surface area contributed by atoms with Crippen LogP contribution in [0.15, 0.2) is 0 Å². The molecule has 1 aromatic rings. The maximum Gasteiger partial charge on any atom is 0.165 e. The van der Waals surface area contributed by atoms with E-state index in [0.29, 0.717) is 6.04 Å². The van der Waals surface area contributed by atoms with Gasteiger partial charge in [0.05, 0.1) is 6.54 Å². The molecule has 0 bridgehead atoms. The average Bonchev–Trinajstić information content (AvgIpc) is 3.01. The van der Waals surface area contributed by atoms with Crippen molar-refractivity contribution in [1.82, 2.24) is 25.1 Å². The summed E-state index contributed by atoms with van der Waals surface area (Å²) in [5, 5.41) is 12.9. The second-order valence-electron chi connectivity index (χ2n) is 5.28. The Balaban J connectivity index is 1.87. The number of rotatable bonds is 7. The number of aromatic nitrogens is 4. The van der Waals surface area contributed by atoms with E-state index in [-0.39, 0.29) is 0 Å². The maximum atomic E-state index is 4.16. The van der Waals surface area contributed by atoms with Crippen molar-refractivity contribution in [3.8, 4) is 0 Å². The molecule has 1 aliphatic carbocycles. The van der Waals surface area contributed by atoms with Crippen LogP contribution in [0, 0.1) is 0 Å². The fourth-order valence-corrected chi connectivity index (χ4v) is 3.91. The van der Waals surface area contributed by atoms with Gasteiger partial charge >= 0.3 is 0 Å². The minimum Gasteiger partial charge on any atom is -0.296 e. The van der Waals surface area contributed by atoms with Crippen molar-refractivity contribution >= 4 is 11.8 Å². The first kappa shape index (κ1) is 14.8. The van der Waals surface area contributed by atoms with Gasteiger partial charge in [0, 0.05) is 17.8 Å². The van der Waals surface area contributed by atoms with Crippen LogP contribution in [0.25, 0.3) is 0 Å². The predicted molar refractivity (Wildman–Crippen MR) is 79.1 cm³/mol. The molecule has 2 rings (SSSR count). The Morgan fingerprint density at radius 3 is 2.95 bits per heavy atom. The average molecular weight is 283 g/mol. The molecule has 1 heterocycles. The molecule has 2 atom stereocenters. The Kier molecular flexibility index (Phi) is 5.63. The first-order chi connectivity index (χ1) is 9.24. The largest absolute Gasteiger partial charge is 0.296 e. The van der Waals surface area contributed by atoms with Crippen LogP contribution in [0.1, 0.15) is 45.4 Å². The number of thioether (sulfide) groups is 1. The van der Waals surface area contributed by atoms with Gasteiger partial charge in [0.2, 0.25) is 0 Å². The number of hydrogen-bond acceptors (Lipinski definition) is 5. The van der Waals surface area contributed by atoms with Crippen LogP contribution in [0.3, 0.4) is 0 Å². The molecular formula is C13H25N5S. The Bertz CT molecular complexity index is 381. The molecule has 1 fully saturated rings. The maximum absolute atomic E-state index is 4.16. The fourth-order valence-electron chi connectivity index (χ4n) is 2.78. The van der Waals surface area contributed by atoms with Gasteiger partial charge in [-0.2, -0.15) is 11.8 Å². The van der Waals surface area contributed by atoms with Crippen molar-refractivity contribution in [3.63, 3.8) is 0 Å². The van der Waals surface area contributed by atoms with Crippen molar-refractivity contribution < 1.29 is 0 Å². The van der Waals surface area contributed by atoms with Gasteiger partial charge in [0.15, 0.2) is 5.82 Å². The van der Waals surface area contributed by atoms with Crippen LogP contribution >= 0.6 is 11.8 Å². The van der Waals surface area contributed by atoms with Crippen LogP contribution in [0.4, 0.5) is 0 Å². The van der Waals surface area contributed by atoms with E-state index in [1.807, 2.05) is 4.68 Å². The smallest absolute Gasteiger partial charge is 0.165 e. The Morgan fingerprint density at radius 2 is 2.21 bits per heavy atom. The minimum atomic E-state index is 0.691. The zero-order valence-electron chi connectivity index (χ0n) is 12.2. The third-order valence-electron chi connectivity index (χ3n) is 3.81. The molecule has 5 nitrogen and oxygen atoms in total. The van der Waals surface area contributed by atoms with Crippen LogP contribution < -0.4 is 0 Å². The van der Waals surface area contributed by atoms with E-state index in [4.69, 9.17) is 0 Å². The van der Waals surface area contributed by atoms with Crippen molar-refractivity contribution in [2.75, 3.05) is 12.8 Å². The van der Waals surface area contributed by atoms with Gasteiger partial charge in [-0.15, -0.1) is 5.10 Å². The lowest BCUT2D eigenvalue weighted by Gasteiger charge is -2.23. The summed E-state index contributed by atoms with van der Waals surface area (Å²) in [5.41, 5.74) is 0. The predicted octanol–water partition coefficient (Wildman–Crippen LogP) is 2.19. The molecule has 108 valence electrons. The number of nitrogens with zero attached hydrogens (tertiary/aromatic N) is 5. The zero-order valence-corrected chi connectivity index (χ0v) is 13.1. The normalized spacial score (nSPS) is 23.4. The first-order valence-electron chi connectivity index (χ1n) is 7.31. The van der Waals surface area contributed by atoms with Gasteiger partial charge in [-0.3, -0.25) is 4.90 Å². The molecule has 19 heavy (non-hydrogen) atoms. The molecule has 0 aromatic carbocycles. The molecule has 6 heteroatoms. The lowest BCUT2D eigenvalue weighted by Crippen LogP contribution is -2.30. The summed E-state index contributed by atoms with van der Waals surface area (Å²) < 4.78 is 1.93. The minimum absolute atomic E-state index is 0.691. The summed E-state index contributed by atoms with van der Waals surface area (Å²) in [7, 11) is 2.20. The molecule has 0 spiro atoms. The van der Waals surface area contributed by atoms with E-state index in [2.05, 4.69) is 53.1 Å². The van der Waals surface area contributed by atoms with Crippen LogP contribution in [-0.4, -0.2) is 49.2 Å². The quantitative estimate of drug-likeness (QED) is 0.767. The van der Waals surface area contributed by atoms with Gasteiger partial charge in [-0.25, -0.2) is 4.68 Å². The monoisotopic (exact) mass is 283 g/mol. The lowest BCUT2D eigenvalue weighted by atomic mass is 10.2. The Morgan fingerprint density at radius 1 is 1.37 bits per heavy atom. The zero-order chi connectivity index (χ0) is 13.7. The summed E-state index contributed by atoms with van der Waals surface area (Å²) >= 11 is 2.11. The van der Waals surface area contributed by atoms with E-state index in [0.717, 1.165) is 30.6 Å². The number of hydrogen-bond donors (Lipinski definition) is 0. The summed E-state index contributed by atoms with van der Waals surface area (Å²) in [6, 6.07) is 0.691. The summed E-state index contributed by atoms with van der Waals surface area (Å²) in [6.45, 7) is 6.18. The number of aryl methyl sites for hydroxylation is 1. The van der Waals surface area contributed by atoms with Gasteiger partial charge in [-0.1, -0.05) is 13.8 Å². The van der Waals surface area contributed by atoms with E-state index in [1.165, 1.54) is 25.0 Å². The van der Waals surface area contributed by atoms with Gasteiger partial charge in [-0.05, 0) is 48.9 Å². The summed E-state index contributed by atoms with van der Waals surface area (Å²) in [5.74, 6) is 2.23. The fraction of sp³-hybridized carbons (Fsp3) is 0.923. The molecule has 0 N–H and O–H groups in total. The van der Waals surface area contributed by atoms with Crippen molar-refractivity contribution in [1.29, 1.82) is 0 Å². The molecule has 0 saturated heterocycles. The van der Waals surface area contributed by atoms with Crippen LogP contribution in [-0.2, 0) is 13.1 Å². The highest BCUT2D eigenvalue weighted by molar-refractivity contribution is 7.99. The van der Waals surface area contributed by atoms with Gasteiger partial charge < -0.3 is 0 Å². The van der Waals surface area contributed by atoms with E-state index in [1.54, 1.807) is 0 Å². The summed E-state index contributed by atoms with van der Waals surface area (Å²) in [4.78, 5) is 2.42. The standard InChI is InChI=1S/C13H25N5S/c1-4-8-18-13(14-15-16-18)10-17(3)11-6-7-12(9-11)19-5-2/h11-12H,4-10H2,1-3H3/t11-,12-/m1/s1. The second kappa shape index (κ2) is 7.24. The second-order valence-corrected chi connectivity index (χ2v) is 6.85. The summed E-state index contributed by atoms with van der Waals surface area (Å²) in [6.07, 6.45) is 5.04. The molecule has 0 radical (unpaired) electrons. The highest BCUT2D eigenvalue weighted by Crippen LogP contribution is 2.32. The van der Waals surface area contributed by atoms with Crippen LogP contribution in [0.2, 0.25) is 0 Å². The molecule has 1 saturated carbocycles.